The van der Waals surface area contributed by atoms with Gasteiger partial charge in [-0.2, -0.15) is 0 Å². The number of imide groups is 1. The predicted molar refractivity (Wildman–Crippen MR) is 104 cm³/mol. The molecule has 1 heterocycles. The van der Waals surface area contributed by atoms with Crippen molar-refractivity contribution >= 4 is 17.7 Å². The highest BCUT2D eigenvalue weighted by molar-refractivity contribution is 6.11. The summed E-state index contributed by atoms with van der Waals surface area (Å²) >= 11 is 0. The number of rotatable bonds is 4. The van der Waals surface area contributed by atoms with Gasteiger partial charge < -0.3 is 10.0 Å². The molecule has 1 saturated heterocycles. The standard InChI is InChI=1S/C22H28N2O4/c1-22(18-11-14-5-3-6-15(18)10-9-14)20(27)24(21(28)23(22)2)13-19(26)16-7-4-8-17(25)12-16/h4,7-8,12,14-15,18,25H,3,5-6,9-11,13H2,1-2H3/t14-,15+,18-,22+/m0/s1. The van der Waals surface area contributed by atoms with E-state index in [-0.39, 0.29) is 29.9 Å². The zero-order valence-corrected chi connectivity index (χ0v) is 16.6. The van der Waals surface area contributed by atoms with Crippen LogP contribution in [-0.2, 0) is 4.79 Å². The van der Waals surface area contributed by atoms with Crippen molar-refractivity contribution in [2.45, 2.75) is 51.0 Å². The van der Waals surface area contributed by atoms with E-state index in [1.54, 1.807) is 24.1 Å². The molecule has 4 aliphatic rings. The summed E-state index contributed by atoms with van der Waals surface area (Å²) in [7, 11) is 1.69. The molecule has 1 aliphatic heterocycles. The number of hydrogen-bond acceptors (Lipinski definition) is 4. The van der Waals surface area contributed by atoms with Gasteiger partial charge in [-0.1, -0.05) is 37.8 Å². The van der Waals surface area contributed by atoms with Crippen molar-refractivity contribution in [1.82, 2.24) is 9.80 Å². The number of phenols is 1. The average molecular weight is 384 g/mol. The fraction of sp³-hybridized carbons (Fsp3) is 0.591. The molecule has 6 nitrogen and oxygen atoms in total. The Morgan fingerprint density at radius 2 is 2.00 bits per heavy atom. The lowest BCUT2D eigenvalue weighted by atomic mass is 9.66. The van der Waals surface area contributed by atoms with Crippen molar-refractivity contribution in [3.63, 3.8) is 0 Å². The highest BCUT2D eigenvalue weighted by atomic mass is 16.3. The van der Waals surface area contributed by atoms with Gasteiger partial charge in [0, 0.05) is 12.6 Å². The summed E-state index contributed by atoms with van der Waals surface area (Å²) in [5, 5.41) is 9.60. The maximum Gasteiger partial charge on any atom is 0.327 e. The second-order valence-electron chi connectivity index (χ2n) is 8.83. The molecule has 1 N–H and O–H groups in total. The van der Waals surface area contributed by atoms with Crippen LogP contribution in [0.1, 0.15) is 55.8 Å². The Kier molecular flexibility index (Phi) is 4.68. The van der Waals surface area contributed by atoms with Crippen LogP contribution in [0.25, 0.3) is 0 Å². The molecule has 150 valence electrons. The van der Waals surface area contributed by atoms with E-state index in [4.69, 9.17) is 0 Å². The predicted octanol–water partition coefficient (Wildman–Crippen LogP) is 3.44. The SMILES string of the molecule is CN1C(=O)N(CC(=O)c2cccc(O)c2)C(=O)[C@@]1(C)[C@H]1C[C@H]2CCC[C@@H]1CC2. The summed E-state index contributed by atoms with van der Waals surface area (Å²) in [6.07, 6.45) is 6.88. The second-order valence-corrected chi connectivity index (χ2v) is 8.83. The maximum absolute atomic E-state index is 13.4. The van der Waals surface area contributed by atoms with Gasteiger partial charge in [-0.15, -0.1) is 0 Å². The molecule has 4 atom stereocenters. The van der Waals surface area contributed by atoms with Crippen molar-refractivity contribution in [3.05, 3.63) is 29.8 Å². The molecule has 0 radical (unpaired) electrons. The largest absolute Gasteiger partial charge is 0.508 e. The first-order chi connectivity index (χ1) is 13.3. The lowest BCUT2D eigenvalue weighted by Gasteiger charge is -2.44. The smallest absolute Gasteiger partial charge is 0.327 e. The second kappa shape index (κ2) is 6.90. The van der Waals surface area contributed by atoms with Crippen LogP contribution in [0.3, 0.4) is 0 Å². The Labute approximate surface area is 165 Å². The minimum absolute atomic E-state index is 0.0126. The molecule has 28 heavy (non-hydrogen) atoms. The third kappa shape index (κ3) is 2.90. The summed E-state index contributed by atoms with van der Waals surface area (Å²) in [5.74, 6) is 0.630. The van der Waals surface area contributed by atoms with E-state index in [1.807, 2.05) is 6.92 Å². The van der Waals surface area contributed by atoms with E-state index in [9.17, 15) is 19.5 Å². The fourth-order valence-electron chi connectivity index (χ4n) is 5.63. The molecule has 3 aliphatic carbocycles. The number of Topliss-reactive ketones (excluding diaryl/α,β-unsaturated/α-hetero) is 1. The highest BCUT2D eigenvalue weighted by Gasteiger charge is 2.59. The van der Waals surface area contributed by atoms with Crippen molar-refractivity contribution < 1.29 is 19.5 Å². The summed E-state index contributed by atoms with van der Waals surface area (Å²) in [6.45, 7) is 1.60. The molecule has 5 rings (SSSR count). The number of hydrogen-bond donors (Lipinski definition) is 1. The Balaban J connectivity index is 1.59. The topological polar surface area (TPSA) is 77.9 Å². The first kappa shape index (κ1) is 19.0. The van der Waals surface area contributed by atoms with Crippen molar-refractivity contribution in [2.75, 3.05) is 13.6 Å². The maximum atomic E-state index is 13.4. The molecule has 1 aromatic carbocycles. The number of carbonyl (C=O) groups excluding carboxylic acids is 3. The van der Waals surface area contributed by atoms with Crippen LogP contribution < -0.4 is 0 Å². The first-order valence-corrected chi connectivity index (χ1v) is 10.2. The third-order valence-electron chi connectivity index (χ3n) is 7.37. The van der Waals surface area contributed by atoms with Gasteiger partial charge in [0.15, 0.2) is 5.78 Å². The molecular weight excluding hydrogens is 356 g/mol. The number of amides is 3. The fourth-order valence-corrected chi connectivity index (χ4v) is 5.63. The van der Waals surface area contributed by atoms with Gasteiger partial charge in [-0.3, -0.25) is 14.5 Å². The summed E-state index contributed by atoms with van der Waals surface area (Å²) < 4.78 is 0. The van der Waals surface area contributed by atoms with E-state index >= 15 is 0 Å². The Hall–Kier alpha value is -2.37. The first-order valence-electron chi connectivity index (χ1n) is 10.2. The van der Waals surface area contributed by atoms with Crippen LogP contribution in [0, 0.1) is 17.8 Å². The highest BCUT2D eigenvalue weighted by Crippen LogP contribution is 2.50. The van der Waals surface area contributed by atoms with Crippen molar-refractivity contribution in [3.8, 4) is 5.75 Å². The third-order valence-corrected chi connectivity index (χ3v) is 7.37. The quantitative estimate of drug-likeness (QED) is 0.637. The van der Waals surface area contributed by atoms with E-state index in [1.165, 1.54) is 31.4 Å². The van der Waals surface area contributed by atoms with Gasteiger partial charge >= 0.3 is 6.03 Å². The zero-order valence-electron chi connectivity index (χ0n) is 16.6. The van der Waals surface area contributed by atoms with Crippen LogP contribution in [0.15, 0.2) is 24.3 Å². The monoisotopic (exact) mass is 384 g/mol. The van der Waals surface area contributed by atoms with Crippen LogP contribution in [0.4, 0.5) is 4.79 Å². The van der Waals surface area contributed by atoms with Gasteiger partial charge in [0.25, 0.3) is 5.91 Å². The number of ketones is 1. The van der Waals surface area contributed by atoms with E-state index < -0.39 is 11.6 Å². The average Bonchev–Trinajstić information content (AvgIpc) is 2.97. The molecule has 1 aromatic rings. The molecule has 0 spiro atoms. The van der Waals surface area contributed by atoms with Crippen LogP contribution in [-0.4, -0.2) is 51.8 Å². The molecule has 0 aromatic heterocycles. The number of carbonyl (C=O) groups is 3. The van der Waals surface area contributed by atoms with E-state index in [2.05, 4.69) is 0 Å². The van der Waals surface area contributed by atoms with Gasteiger partial charge in [0.1, 0.15) is 11.3 Å². The van der Waals surface area contributed by atoms with Crippen molar-refractivity contribution in [2.24, 2.45) is 17.8 Å². The minimum atomic E-state index is -0.885. The Morgan fingerprint density at radius 3 is 2.75 bits per heavy atom. The van der Waals surface area contributed by atoms with E-state index in [0.29, 0.717) is 17.4 Å². The molecule has 6 heteroatoms. The molecule has 3 amide bonds. The van der Waals surface area contributed by atoms with Crippen LogP contribution in [0.5, 0.6) is 5.75 Å². The Bertz CT molecular complexity index is 819. The molecule has 4 fully saturated rings. The number of urea groups is 1. The normalized spacial score (nSPS) is 32.7. The van der Waals surface area contributed by atoms with Gasteiger partial charge in [0.2, 0.25) is 0 Å². The van der Waals surface area contributed by atoms with Crippen LogP contribution in [0.2, 0.25) is 0 Å². The lowest BCUT2D eigenvalue weighted by molar-refractivity contribution is -0.136. The van der Waals surface area contributed by atoms with E-state index in [0.717, 1.165) is 24.2 Å². The number of nitrogens with zero attached hydrogens (tertiary/aromatic N) is 2. The molecule has 2 bridgehead atoms. The molecule has 0 unspecified atom stereocenters. The number of phenolic OH excluding ortho intramolecular Hbond substituents is 1. The lowest BCUT2D eigenvalue weighted by Crippen LogP contribution is -2.54. The number of aromatic hydroxyl groups is 1. The van der Waals surface area contributed by atoms with Gasteiger partial charge in [-0.25, -0.2) is 4.79 Å². The molecule has 3 saturated carbocycles. The summed E-state index contributed by atoms with van der Waals surface area (Å²) in [6, 6.07) is 5.60. The summed E-state index contributed by atoms with van der Waals surface area (Å²) in [5.41, 5.74) is -0.588. The van der Waals surface area contributed by atoms with Crippen LogP contribution >= 0.6 is 0 Å². The number of fused-ring (bicyclic) bond motifs is 4. The van der Waals surface area contributed by atoms with Gasteiger partial charge in [-0.05, 0) is 49.7 Å². The van der Waals surface area contributed by atoms with Gasteiger partial charge in [0.05, 0.1) is 6.54 Å². The summed E-state index contributed by atoms with van der Waals surface area (Å²) in [4.78, 5) is 41.7. The Morgan fingerprint density at radius 1 is 1.21 bits per heavy atom. The minimum Gasteiger partial charge on any atom is -0.508 e. The molecular formula is C22H28N2O4. The van der Waals surface area contributed by atoms with Crippen molar-refractivity contribution in [1.29, 1.82) is 0 Å². The zero-order chi connectivity index (χ0) is 20.1. The number of benzene rings is 1. The number of likely N-dealkylation sites (N-methyl/N-ethyl adjacent to an activating group) is 1.